The molecule has 0 saturated carbocycles. The van der Waals surface area contributed by atoms with Gasteiger partial charge < -0.3 is 25.2 Å². The molecule has 2 atom stereocenters. The van der Waals surface area contributed by atoms with Crippen molar-refractivity contribution in [1.29, 1.82) is 0 Å². The summed E-state index contributed by atoms with van der Waals surface area (Å²) in [7, 11) is 0. The topological polar surface area (TPSA) is 104 Å². The molecule has 0 amide bonds. The monoisotopic (exact) mass is 503 g/mol. The molecular formula is C25H28F3N5O3. The van der Waals surface area contributed by atoms with E-state index in [1.54, 1.807) is 19.9 Å². The van der Waals surface area contributed by atoms with Gasteiger partial charge in [-0.05, 0) is 39.3 Å². The van der Waals surface area contributed by atoms with Gasteiger partial charge in [0.15, 0.2) is 5.82 Å². The van der Waals surface area contributed by atoms with Gasteiger partial charge in [0.25, 0.3) is 0 Å². The number of ether oxygens (including phenoxy) is 1. The second-order valence-corrected chi connectivity index (χ2v) is 9.90. The Labute approximate surface area is 206 Å². The fourth-order valence-electron chi connectivity index (χ4n) is 4.93. The standard InChI is InChI=1S/C25H28F3N5O3/c1-13(16-5-4-6-18(20(16)26)25(27,28)15(3)34)29-22-17-9-19(23(35)30-21(17)14(2)31-32-22)33-8-7-24(10-33)11-36-12-24/h4-6,9,13,15,34H,7-8,10-12H2,1-3H3,(H,29,32)(H,30,35)/t13-,15?/m1/s1. The van der Waals surface area contributed by atoms with Crippen LogP contribution in [0.2, 0.25) is 0 Å². The maximum atomic E-state index is 15.2. The molecule has 0 aliphatic carbocycles. The van der Waals surface area contributed by atoms with Gasteiger partial charge in [-0.1, -0.05) is 12.1 Å². The number of hydrogen-bond acceptors (Lipinski definition) is 8. The first-order valence-electron chi connectivity index (χ1n) is 11.8. The normalized spacial score (nSPS) is 18.9. The van der Waals surface area contributed by atoms with Gasteiger partial charge in [0.1, 0.15) is 23.1 Å². The van der Waals surface area contributed by atoms with Crippen LogP contribution in [0.1, 0.15) is 43.1 Å². The quantitative estimate of drug-likeness (QED) is 0.463. The van der Waals surface area contributed by atoms with Gasteiger partial charge in [-0.2, -0.15) is 13.9 Å². The van der Waals surface area contributed by atoms with Crippen LogP contribution in [0.5, 0.6) is 5.88 Å². The molecule has 192 valence electrons. The van der Waals surface area contributed by atoms with Crippen LogP contribution in [0, 0.1) is 18.2 Å². The van der Waals surface area contributed by atoms with Crippen molar-refractivity contribution in [2.75, 3.05) is 36.5 Å². The number of halogens is 3. The molecule has 1 aromatic carbocycles. The Kier molecular flexibility index (Phi) is 5.95. The van der Waals surface area contributed by atoms with E-state index in [1.807, 2.05) is 0 Å². The third kappa shape index (κ3) is 4.00. The molecule has 3 aromatic rings. The van der Waals surface area contributed by atoms with Crippen molar-refractivity contribution in [2.24, 2.45) is 5.41 Å². The zero-order valence-corrected chi connectivity index (χ0v) is 20.2. The van der Waals surface area contributed by atoms with E-state index in [4.69, 9.17) is 4.74 Å². The molecule has 0 bridgehead atoms. The van der Waals surface area contributed by atoms with Gasteiger partial charge >= 0.3 is 5.92 Å². The lowest BCUT2D eigenvalue weighted by atomic mass is 9.85. The predicted molar refractivity (Wildman–Crippen MR) is 128 cm³/mol. The van der Waals surface area contributed by atoms with Crippen molar-refractivity contribution in [3.63, 3.8) is 0 Å². The number of pyridine rings is 1. The van der Waals surface area contributed by atoms with E-state index in [-0.39, 0.29) is 22.7 Å². The van der Waals surface area contributed by atoms with Crippen LogP contribution in [0.25, 0.3) is 10.9 Å². The number of rotatable bonds is 6. The summed E-state index contributed by atoms with van der Waals surface area (Å²) in [5.74, 6) is -4.68. The first kappa shape index (κ1) is 24.5. The number of benzene rings is 1. The maximum absolute atomic E-state index is 15.2. The lowest BCUT2D eigenvalue weighted by Crippen LogP contribution is -2.44. The smallest absolute Gasteiger partial charge is 0.301 e. The van der Waals surface area contributed by atoms with Crippen molar-refractivity contribution >= 4 is 22.4 Å². The van der Waals surface area contributed by atoms with E-state index in [0.717, 1.165) is 32.5 Å². The molecular weight excluding hydrogens is 475 g/mol. The summed E-state index contributed by atoms with van der Waals surface area (Å²) in [6.45, 7) is 7.12. The van der Waals surface area contributed by atoms with Crippen LogP contribution in [0.15, 0.2) is 24.3 Å². The van der Waals surface area contributed by atoms with E-state index in [2.05, 4.69) is 25.4 Å². The summed E-state index contributed by atoms with van der Waals surface area (Å²) in [6, 6.07) is 4.70. The molecule has 4 heterocycles. The summed E-state index contributed by atoms with van der Waals surface area (Å²) >= 11 is 0. The number of aryl methyl sites for hydroxylation is 1. The van der Waals surface area contributed by atoms with Crippen molar-refractivity contribution in [2.45, 2.75) is 45.3 Å². The summed E-state index contributed by atoms with van der Waals surface area (Å²) in [6.07, 6.45) is -1.10. The zero-order chi connectivity index (χ0) is 25.8. The van der Waals surface area contributed by atoms with Crippen LogP contribution in [-0.4, -0.2) is 57.8 Å². The molecule has 1 spiro atoms. The minimum Gasteiger partial charge on any atom is -0.492 e. The molecule has 5 rings (SSSR count). The van der Waals surface area contributed by atoms with Crippen molar-refractivity contribution in [3.05, 3.63) is 46.9 Å². The van der Waals surface area contributed by atoms with Gasteiger partial charge in [0, 0.05) is 29.5 Å². The van der Waals surface area contributed by atoms with E-state index < -0.39 is 29.4 Å². The second kappa shape index (κ2) is 8.74. The third-order valence-corrected chi connectivity index (χ3v) is 7.21. The van der Waals surface area contributed by atoms with Gasteiger partial charge in [-0.15, -0.1) is 5.10 Å². The number of nitrogens with zero attached hydrogens (tertiary/aromatic N) is 4. The average Bonchev–Trinajstić information content (AvgIpc) is 3.27. The SMILES string of the molecule is Cc1nnc(N[C@H](C)c2cccc(C(F)(F)C(C)O)c2F)c2cc(N3CCC4(COC4)C3)c(O)nc12. The van der Waals surface area contributed by atoms with Crippen molar-refractivity contribution in [3.8, 4) is 5.88 Å². The summed E-state index contributed by atoms with van der Waals surface area (Å²) < 4.78 is 49.4. The molecule has 8 nitrogen and oxygen atoms in total. The minimum atomic E-state index is -3.74. The van der Waals surface area contributed by atoms with E-state index >= 15 is 4.39 Å². The Balaban J connectivity index is 1.50. The number of aliphatic hydroxyl groups is 1. The number of alkyl halides is 2. The molecule has 11 heteroatoms. The Morgan fingerprint density at radius 1 is 1.22 bits per heavy atom. The molecule has 0 radical (unpaired) electrons. The highest BCUT2D eigenvalue weighted by Crippen LogP contribution is 2.43. The predicted octanol–water partition coefficient (Wildman–Crippen LogP) is 4.05. The van der Waals surface area contributed by atoms with E-state index in [0.29, 0.717) is 35.5 Å². The lowest BCUT2D eigenvalue weighted by molar-refractivity contribution is -0.108. The highest BCUT2D eigenvalue weighted by atomic mass is 19.3. The zero-order valence-electron chi connectivity index (χ0n) is 20.2. The van der Waals surface area contributed by atoms with Gasteiger partial charge in [0.2, 0.25) is 5.88 Å². The molecule has 2 saturated heterocycles. The first-order chi connectivity index (χ1) is 17.0. The summed E-state index contributed by atoms with van der Waals surface area (Å²) in [5, 5.41) is 32.1. The van der Waals surface area contributed by atoms with Crippen LogP contribution in [0.3, 0.4) is 0 Å². The summed E-state index contributed by atoms with van der Waals surface area (Å²) in [4.78, 5) is 6.44. The molecule has 2 aromatic heterocycles. The van der Waals surface area contributed by atoms with Crippen LogP contribution < -0.4 is 10.2 Å². The van der Waals surface area contributed by atoms with Crippen LogP contribution >= 0.6 is 0 Å². The molecule has 2 fully saturated rings. The highest BCUT2D eigenvalue weighted by Gasteiger charge is 2.45. The number of aliphatic hydroxyl groups excluding tert-OH is 1. The highest BCUT2D eigenvalue weighted by molar-refractivity contribution is 5.93. The van der Waals surface area contributed by atoms with Crippen LogP contribution in [-0.2, 0) is 10.7 Å². The minimum absolute atomic E-state index is 0.0122. The molecule has 36 heavy (non-hydrogen) atoms. The number of anilines is 2. The molecule has 2 aliphatic rings. The second-order valence-electron chi connectivity index (χ2n) is 9.90. The summed E-state index contributed by atoms with van der Waals surface area (Å²) in [5.41, 5.74) is 0.693. The number of aromatic nitrogens is 3. The van der Waals surface area contributed by atoms with Gasteiger partial charge in [-0.3, -0.25) is 0 Å². The number of nitrogens with one attached hydrogen (secondary N) is 1. The largest absolute Gasteiger partial charge is 0.492 e. The van der Waals surface area contributed by atoms with E-state index in [9.17, 15) is 19.0 Å². The maximum Gasteiger partial charge on any atom is 0.301 e. The first-order valence-corrected chi connectivity index (χ1v) is 11.8. The Morgan fingerprint density at radius 2 is 1.97 bits per heavy atom. The van der Waals surface area contributed by atoms with Crippen LogP contribution in [0.4, 0.5) is 24.7 Å². The average molecular weight is 504 g/mol. The molecule has 1 unspecified atom stereocenters. The number of hydrogen-bond donors (Lipinski definition) is 3. The van der Waals surface area contributed by atoms with Crippen molar-refractivity contribution in [1.82, 2.24) is 15.2 Å². The third-order valence-electron chi connectivity index (χ3n) is 7.21. The Hall–Kier alpha value is -3.18. The lowest BCUT2D eigenvalue weighted by Gasteiger charge is -2.37. The molecule has 3 N–H and O–H groups in total. The number of aromatic hydroxyl groups is 1. The Morgan fingerprint density at radius 3 is 2.61 bits per heavy atom. The molecule has 2 aliphatic heterocycles. The number of fused-ring (bicyclic) bond motifs is 1. The van der Waals surface area contributed by atoms with Gasteiger partial charge in [0.05, 0.1) is 30.5 Å². The van der Waals surface area contributed by atoms with E-state index in [1.165, 1.54) is 12.1 Å². The van der Waals surface area contributed by atoms with Gasteiger partial charge in [-0.25, -0.2) is 9.37 Å². The fraction of sp³-hybridized carbons (Fsp3) is 0.480. The Bertz CT molecular complexity index is 1320. The fourth-order valence-corrected chi connectivity index (χ4v) is 4.93. The van der Waals surface area contributed by atoms with Crippen molar-refractivity contribution < 1.29 is 28.1 Å².